The Morgan fingerprint density at radius 3 is 2.51 bits per heavy atom. The van der Waals surface area contributed by atoms with Gasteiger partial charge in [0, 0.05) is 22.5 Å². The van der Waals surface area contributed by atoms with Crippen LogP contribution in [-0.2, 0) is 10.2 Å². The maximum Gasteiger partial charge on any atom is 0.238 e. The molecule has 3 aliphatic rings. The van der Waals surface area contributed by atoms with Crippen LogP contribution in [0.5, 0.6) is 0 Å². The highest BCUT2D eigenvalue weighted by Gasteiger charge is 2.70. The molecule has 4 heterocycles. The van der Waals surface area contributed by atoms with Crippen LogP contribution in [0.3, 0.4) is 0 Å². The molecule has 4 atom stereocenters. The lowest BCUT2D eigenvalue weighted by molar-refractivity contribution is -0.122. The predicted molar refractivity (Wildman–Crippen MR) is 154 cm³/mol. The summed E-state index contributed by atoms with van der Waals surface area (Å²) in [6.45, 7) is 0. The van der Waals surface area contributed by atoms with Crippen LogP contribution in [0.4, 0.5) is 5.69 Å². The number of Topliss-reactive ketones (excluding diaryl/α,β-unsaturated/α-hetero) is 2. The van der Waals surface area contributed by atoms with Crippen LogP contribution in [0, 0.1) is 5.92 Å². The summed E-state index contributed by atoms with van der Waals surface area (Å²) in [5.74, 6) is -1.97. The van der Waals surface area contributed by atoms with Gasteiger partial charge in [0.2, 0.25) is 5.91 Å². The zero-order chi connectivity index (χ0) is 26.9. The van der Waals surface area contributed by atoms with Crippen LogP contribution in [0.15, 0.2) is 90.4 Å². The van der Waals surface area contributed by atoms with E-state index < -0.39 is 23.4 Å². The predicted octanol–water partition coefficient (Wildman–Crippen LogP) is 7.04. The molecule has 1 N–H and O–H groups in total. The summed E-state index contributed by atoms with van der Waals surface area (Å²) in [5, 5.41) is 5.45. The third kappa shape index (κ3) is 3.35. The van der Waals surface area contributed by atoms with Gasteiger partial charge in [0.1, 0.15) is 11.5 Å². The molecule has 1 fully saturated rings. The third-order valence-electron chi connectivity index (χ3n) is 8.08. The van der Waals surface area contributed by atoms with Crippen LogP contribution in [0.25, 0.3) is 6.08 Å². The molecule has 192 valence electrons. The molecule has 1 saturated heterocycles. The highest BCUT2D eigenvalue weighted by atomic mass is 35.5. The standard InChI is InChI=1S/C31H20Cl2N2O3S/c32-18-11-12-20(22(33)16-18)27(36)25-26(28(37)24-10-5-15-39-24)35-14-13-17-6-1-2-7-19(17)29(35)31(25)21-8-3-4-9-23(21)34-30(31)38/h1-16,25-26,29H,(H,34,38)/t25-,26+,29+,31-/m1/s1. The van der Waals surface area contributed by atoms with Crippen molar-refractivity contribution >= 4 is 63.8 Å². The fourth-order valence-electron chi connectivity index (χ4n) is 6.59. The lowest BCUT2D eigenvalue weighted by Gasteiger charge is -2.38. The zero-order valence-corrected chi connectivity index (χ0v) is 22.6. The molecule has 0 aliphatic carbocycles. The smallest absolute Gasteiger partial charge is 0.238 e. The van der Waals surface area contributed by atoms with Crippen LogP contribution < -0.4 is 5.32 Å². The number of carbonyl (C=O) groups is 3. The van der Waals surface area contributed by atoms with Gasteiger partial charge >= 0.3 is 0 Å². The first-order chi connectivity index (χ1) is 18.9. The minimum Gasteiger partial charge on any atom is -0.358 e. The van der Waals surface area contributed by atoms with Crippen LogP contribution in [0.1, 0.15) is 42.8 Å². The van der Waals surface area contributed by atoms with E-state index in [9.17, 15) is 14.4 Å². The average molecular weight is 571 g/mol. The molecular weight excluding hydrogens is 551 g/mol. The minimum atomic E-state index is -1.39. The second-order valence-electron chi connectivity index (χ2n) is 9.92. The van der Waals surface area contributed by atoms with Crippen molar-refractivity contribution in [2.24, 2.45) is 5.92 Å². The van der Waals surface area contributed by atoms with Crippen molar-refractivity contribution < 1.29 is 14.4 Å². The van der Waals surface area contributed by atoms with Gasteiger partial charge in [-0.2, -0.15) is 0 Å². The van der Waals surface area contributed by atoms with Crippen molar-refractivity contribution in [2.45, 2.75) is 17.5 Å². The number of nitrogens with zero attached hydrogens (tertiary/aromatic N) is 1. The number of benzene rings is 3. The molecule has 8 heteroatoms. The molecule has 0 bridgehead atoms. The van der Waals surface area contributed by atoms with E-state index in [0.29, 0.717) is 21.2 Å². The first kappa shape index (κ1) is 24.3. The van der Waals surface area contributed by atoms with Gasteiger partial charge in [0.25, 0.3) is 0 Å². The largest absolute Gasteiger partial charge is 0.358 e. The molecular formula is C31H20Cl2N2O3S. The molecule has 0 unspecified atom stereocenters. The monoisotopic (exact) mass is 570 g/mol. The average Bonchev–Trinajstić information content (AvgIpc) is 3.65. The number of halogens is 2. The van der Waals surface area contributed by atoms with Gasteiger partial charge in [-0.3, -0.25) is 14.4 Å². The van der Waals surface area contributed by atoms with Crippen LogP contribution >= 0.6 is 34.5 Å². The normalized spacial score (nSPS) is 24.3. The van der Waals surface area contributed by atoms with Gasteiger partial charge in [0.15, 0.2) is 11.6 Å². The quantitative estimate of drug-likeness (QED) is 0.267. The summed E-state index contributed by atoms with van der Waals surface area (Å²) >= 11 is 14.1. The van der Waals surface area contributed by atoms with Gasteiger partial charge in [-0.25, -0.2) is 0 Å². The van der Waals surface area contributed by atoms with E-state index in [4.69, 9.17) is 23.2 Å². The summed E-state index contributed by atoms with van der Waals surface area (Å²) in [6, 6.07) is 22.0. The fourth-order valence-corrected chi connectivity index (χ4v) is 7.79. The number of anilines is 1. The van der Waals surface area contributed by atoms with Gasteiger partial charge in [-0.15, -0.1) is 11.3 Å². The van der Waals surface area contributed by atoms with E-state index in [2.05, 4.69) is 5.32 Å². The van der Waals surface area contributed by atoms with Gasteiger partial charge in [-0.05, 0) is 58.5 Å². The molecule has 0 radical (unpaired) electrons. The number of rotatable bonds is 4. The van der Waals surface area contributed by atoms with E-state index in [1.807, 2.05) is 77.2 Å². The molecule has 39 heavy (non-hydrogen) atoms. The van der Waals surface area contributed by atoms with Crippen molar-refractivity contribution in [1.29, 1.82) is 0 Å². The molecule has 4 aromatic rings. The highest BCUT2D eigenvalue weighted by molar-refractivity contribution is 7.12. The highest BCUT2D eigenvalue weighted by Crippen LogP contribution is 2.62. The number of ketones is 2. The number of amides is 1. The molecule has 3 aromatic carbocycles. The second-order valence-corrected chi connectivity index (χ2v) is 11.7. The van der Waals surface area contributed by atoms with E-state index in [1.54, 1.807) is 18.2 Å². The van der Waals surface area contributed by atoms with Crippen LogP contribution in [0.2, 0.25) is 10.0 Å². The molecule has 1 amide bonds. The lowest BCUT2D eigenvalue weighted by atomic mass is 9.62. The Labute approximate surface area is 238 Å². The first-order valence-corrected chi connectivity index (χ1v) is 14.1. The Balaban J connectivity index is 1.56. The summed E-state index contributed by atoms with van der Waals surface area (Å²) in [4.78, 5) is 45.9. The number of thiophene rings is 1. The topological polar surface area (TPSA) is 66.5 Å². The molecule has 7 rings (SSSR count). The van der Waals surface area contributed by atoms with Crippen molar-refractivity contribution in [3.05, 3.63) is 128 Å². The molecule has 1 spiro atoms. The summed E-state index contributed by atoms with van der Waals surface area (Å²) < 4.78 is 0. The maximum absolute atomic E-state index is 14.7. The second kappa shape index (κ2) is 8.91. The summed E-state index contributed by atoms with van der Waals surface area (Å²) in [6.07, 6.45) is 3.80. The summed E-state index contributed by atoms with van der Waals surface area (Å²) in [5.41, 5.74) is 1.99. The van der Waals surface area contributed by atoms with E-state index in [1.165, 1.54) is 17.4 Å². The van der Waals surface area contributed by atoms with Crippen molar-refractivity contribution in [3.63, 3.8) is 0 Å². The van der Waals surface area contributed by atoms with Crippen molar-refractivity contribution in [3.8, 4) is 0 Å². The Morgan fingerprint density at radius 1 is 0.923 bits per heavy atom. The van der Waals surface area contributed by atoms with E-state index >= 15 is 0 Å². The van der Waals surface area contributed by atoms with Gasteiger partial charge in [-0.1, -0.05) is 71.7 Å². The Kier molecular flexibility index (Phi) is 5.56. The third-order valence-corrected chi connectivity index (χ3v) is 9.51. The summed E-state index contributed by atoms with van der Waals surface area (Å²) in [7, 11) is 0. The first-order valence-electron chi connectivity index (χ1n) is 12.5. The number of carbonyl (C=O) groups excluding carboxylic acids is 3. The maximum atomic E-state index is 14.7. The number of fused-ring (bicyclic) bond motifs is 6. The van der Waals surface area contributed by atoms with Gasteiger partial charge in [0.05, 0.1) is 21.9 Å². The number of hydrogen-bond acceptors (Lipinski definition) is 5. The SMILES string of the molecule is O=C(c1cccs1)[C@@H]1[C@H](C(=O)c2ccc(Cl)cc2Cl)[C@@]2(C(=O)Nc3ccccc32)[C@@H]2c3ccccc3C=CN12. The van der Waals surface area contributed by atoms with Gasteiger partial charge < -0.3 is 10.2 Å². The molecule has 5 nitrogen and oxygen atoms in total. The van der Waals surface area contributed by atoms with E-state index in [-0.39, 0.29) is 28.1 Å². The van der Waals surface area contributed by atoms with E-state index in [0.717, 1.165) is 11.1 Å². The Morgan fingerprint density at radius 2 is 1.72 bits per heavy atom. The number of hydrogen-bond donors (Lipinski definition) is 1. The van der Waals surface area contributed by atoms with Crippen molar-refractivity contribution in [1.82, 2.24) is 4.90 Å². The Hall–Kier alpha value is -3.71. The number of para-hydroxylation sites is 1. The van der Waals surface area contributed by atoms with Crippen molar-refractivity contribution in [2.75, 3.05) is 5.32 Å². The lowest BCUT2D eigenvalue weighted by Crippen LogP contribution is -2.49. The molecule has 3 aliphatic heterocycles. The van der Waals surface area contributed by atoms with Crippen LogP contribution in [-0.4, -0.2) is 28.4 Å². The molecule has 1 aromatic heterocycles. The fraction of sp³-hybridized carbons (Fsp3) is 0.129. The zero-order valence-electron chi connectivity index (χ0n) is 20.3. The molecule has 0 saturated carbocycles. The number of nitrogens with one attached hydrogen (secondary N) is 1. The minimum absolute atomic E-state index is 0.178. The Bertz CT molecular complexity index is 1720.